The Morgan fingerprint density at radius 3 is 2.06 bits per heavy atom. The van der Waals surface area contributed by atoms with E-state index in [1.54, 1.807) is 0 Å². The van der Waals surface area contributed by atoms with E-state index in [0.29, 0.717) is 19.4 Å². The van der Waals surface area contributed by atoms with Gasteiger partial charge in [-0.3, -0.25) is 15.2 Å². The molecule has 9 nitrogen and oxygen atoms in total. The first-order chi connectivity index (χ1) is 7.27. The van der Waals surface area contributed by atoms with Gasteiger partial charge in [0, 0.05) is 6.54 Å². The van der Waals surface area contributed by atoms with Crippen LogP contribution in [0.5, 0.6) is 0 Å². The number of nitrogens with two attached hydrogens (primary N) is 5. The summed E-state index contributed by atoms with van der Waals surface area (Å²) in [7, 11) is 0. The van der Waals surface area contributed by atoms with Crippen LogP contribution >= 0.6 is 0 Å². The minimum Gasteiger partial charge on any atom is -1.00 e. The summed E-state index contributed by atoms with van der Waals surface area (Å²) in [6, 6.07) is -0.820. The Balaban J connectivity index is -0.000000143. The van der Waals surface area contributed by atoms with Crippen LogP contribution in [0.4, 0.5) is 0 Å². The van der Waals surface area contributed by atoms with Crippen molar-refractivity contribution in [2.45, 2.75) is 18.9 Å². The Morgan fingerprint density at radius 2 is 1.76 bits per heavy atom. The van der Waals surface area contributed by atoms with Gasteiger partial charge in [-0.2, -0.15) is 0 Å². The SMILES string of the molecule is N=C(N)N.NC(N)=NCCCC(N)C(=O)O.[H-].[Na+]. The van der Waals surface area contributed by atoms with E-state index in [0.717, 1.165) is 0 Å². The van der Waals surface area contributed by atoms with Crippen molar-refractivity contribution >= 4 is 17.9 Å². The van der Waals surface area contributed by atoms with E-state index in [9.17, 15) is 4.79 Å². The van der Waals surface area contributed by atoms with Gasteiger partial charge in [-0.1, -0.05) is 0 Å². The Labute approximate surface area is 123 Å². The summed E-state index contributed by atoms with van der Waals surface area (Å²) in [6.45, 7) is 0.420. The molecule has 0 aromatic carbocycles. The number of rotatable bonds is 5. The average molecular weight is 257 g/mol. The molecule has 0 aliphatic heterocycles. The van der Waals surface area contributed by atoms with E-state index in [1.807, 2.05) is 0 Å². The van der Waals surface area contributed by atoms with E-state index in [-0.39, 0.29) is 42.9 Å². The second-order valence-electron chi connectivity index (χ2n) is 2.85. The van der Waals surface area contributed by atoms with Crippen molar-refractivity contribution in [3.63, 3.8) is 0 Å². The summed E-state index contributed by atoms with van der Waals surface area (Å²) in [5.74, 6) is -1.32. The molecule has 0 radical (unpaired) electrons. The summed E-state index contributed by atoms with van der Waals surface area (Å²) in [5.41, 5.74) is 24.3. The second kappa shape index (κ2) is 13.0. The number of carbonyl (C=O) groups is 1. The fraction of sp³-hybridized carbons (Fsp3) is 0.571. The average Bonchev–Trinajstić information content (AvgIpc) is 2.10. The fourth-order valence-corrected chi connectivity index (χ4v) is 0.643. The first-order valence-corrected chi connectivity index (χ1v) is 4.40. The molecule has 12 N–H and O–H groups in total. The van der Waals surface area contributed by atoms with Gasteiger partial charge in [-0.05, 0) is 12.8 Å². The van der Waals surface area contributed by atoms with Crippen LogP contribution in [-0.4, -0.2) is 35.6 Å². The molecule has 1 atom stereocenters. The van der Waals surface area contributed by atoms with Crippen molar-refractivity contribution in [1.82, 2.24) is 0 Å². The number of carboxylic acid groups (broad SMARTS) is 1. The molecule has 0 aromatic heterocycles. The van der Waals surface area contributed by atoms with E-state index < -0.39 is 12.0 Å². The summed E-state index contributed by atoms with van der Waals surface area (Å²) in [5, 5.41) is 14.4. The normalized spacial score (nSPS) is 9.94. The molecule has 0 aliphatic rings. The van der Waals surface area contributed by atoms with E-state index in [4.69, 9.17) is 27.7 Å². The Bertz CT molecular complexity index is 256. The fourth-order valence-electron chi connectivity index (χ4n) is 0.643. The topological polar surface area (TPSA) is 204 Å². The van der Waals surface area contributed by atoms with Crippen LogP contribution in [0.1, 0.15) is 14.3 Å². The zero-order valence-corrected chi connectivity index (χ0v) is 11.9. The number of nitrogens with zero attached hydrogens (tertiary/aromatic N) is 1. The number of carboxylic acids is 1. The third kappa shape index (κ3) is 25.3. The van der Waals surface area contributed by atoms with Crippen LogP contribution in [0.25, 0.3) is 0 Å². The molecule has 0 fully saturated rings. The Morgan fingerprint density at radius 1 is 1.35 bits per heavy atom. The molecule has 0 heterocycles. The molecule has 10 heteroatoms. The molecule has 0 saturated carbocycles. The van der Waals surface area contributed by atoms with Gasteiger partial charge in [0.15, 0.2) is 11.9 Å². The minimum atomic E-state index is -1.00. The molecule has 0 amide bonds. The van der Waals surface area contributed by atoms with Gasteiger partial charge in [0.25, 0.3) is 0 Å². The molecule has 0 aromatic rings. The molecule has 0 rings (SSSR count). The standard InChI is InChI=1S/C6H14N4O2.CH5N3.Na.H/c7-4(5(11)12)2-1-3-10-6(8)9;2-1(3)4;;/h4H,1-3,7H2,(H,11,12)(H4,8,9,10);(H5,2,3,4);;/q;;+1;-1. The molecular formula is C7H20N7NaO2. The Hall–Kier alpha value is -1.03. The molecule has 96 valence electrons. The number of hydrogen-bond acceptors (Lipinski definition) is 4. The first kappa shape index (κ1) is 21.3. The number of aliphatic imine (C=N–C) groups is 1. The number of aliphatic carboxylic acids is 1. The maximum atomic E-state index is 10.2. The molecule has 0 spiro atoms. The number of guanidine groups is 2. The van der Waals surface area contributed by atoms with Crippen LogP contribution in [0.3, 0.4) is 0 Å². The maximum absolute atomic E-state index is 10.2. The number of hydrogen-bond donors (Lipinski definition) is 7. The van der Waals surface area contributed by atoms with Crippen molar-refractivity contribution in [2.75, 3.05) is 6.54 Å². The molecule has 0 bridgehead atoms. The van der Waals surface area contributed by atoms with Gasteiger partial charge in [0.1, 0.15) is 6.04 Å². The largest absolute Gasteiger partial charge is 1.00 e. The molecule has 0 aliphatic carbocycles. The van der Waals surface area contributed by atoms with Crippen molar-refractivity contribution < 1.29 is 40.9 Å². The van der Waals surface area contributed by atoms with Crippen LogP contribution in [0.2, 0.25) is 0 Å². The summed E-state index contributed by atoms with van der Waals surface area (Å²) >= 11 is 0. The van der Waals surface area contributed by atoms with Gasteiger partial charge in [-0.25, -0.2) is 0 Å². The summed E-state index contributed by atoms with van der Waals surface area (Å²) < 4.78 is 0. The summed E-state index contributed by atoms with van der Waals surface area (Å²) in [4.78, 5) is 13.9. The van der Waals surface area contributed by atoms with Crippen molar-refractivity contribution in [3.05, 3.63) is 0 Å². The van der Waals surface area contributed by atoms with Gasteiger partial charge >= 0.3 is 35.5 Å². The van der Waals surface area contributed by atoms with E-state index in [1.165, 1.54) is 0 Å². The number of nitrogens with one attached hydrogen (secondary N) is 1. The van der Waals surface area contributed by atoms with Crippen molar-refractivity contribution in [3.8, 4) is 0 Å². The van der Waals surface area contributed by atoms with Crippen molar-refractivity contribution in [2.24, 2.45) is 33.7 Å². The van der Waals surface area contributed by atoms with Gasteiger partial charge < -0.3 is 35.2 Å². The Kier molecular flexibility index (Phi) is 16.3. The predicted octanol–water partition coefficient (Wildman–Crippen LogP) is -5.59. The van der Waals surface area contributed by atoms with Gasteiger partial charge in [-0.15, -0.1) is 0 Å². The minimum absolute atomic E-state index is 0. The molecule has 0 saturated heterocycles. The molecule has 1 unspecified atom stereocenters. The summed E-state index contributed by atoms with van der Waals surface area (Å²) in [6.07, 6.45) is 0.956. The quantitative estimate of drug-likeness (QED) is 0.110. The van der Waals surface area contributed by atoms with Gasteiger partial charge in [0.05, 0.1) is 0 Å². The maximum Gasteiger partial charge on any atom is 1.00 e. The van der Waals surface area contributed by atoms with Crippen LogP contribution < -0.4 is 58.2 Å². The zero-order valence-electron chi connectivity index (χ0n) is 10.9. The van der Waals surface area contributed by atoms with Crippen molar-refractivity contribution in [1.29, 1.82) is 5.41 Å². The second-order valence-corrected chi connectivity index (χ2v) is 2.85. The van der Waals surface area contributed by atoms with E-state index in [2.05, 4.69) is 16.5 Å². The van der Waals surface area contributed by atoms with E-state index >= 15 is 0 Å². The van der Waals surface area contributed by atoms with Gasteiger partial charge in [0.2, 0.25) is 0 Å². The van der Waals surface area contributed by atoms with Crippen LogP contribution in [0.15, 0.2) is 4.99 Å². The molecular weight excluding hydrogens is 237 g/mol. The third-order valence-corrected chi connectivity index (χ3v) is 1.28. The third-order valence-electron chi connectivity index (χ3n) is 1.28. The first-order valence-electron chi connectivity index (χ1n) is 4.40. The molecule has 17 heavy (non-hydrogen) atoms. The monoisotopic (exact) mass is 257 g/mol. The van der Waals surface area contributed by atoms with Crippen LogP contribution in [-0.2, 0) is 4.79 Å². The zero-order chi connectivity index (χ0) is 13.1. The predicted molar refractivity (Wildman–Crippen MR) is 62.7 cm³/mol. The van der Waals surface area contributed by atoms with Crippen LogP contribution in [0, 0.1) is 5.41 Å². The smallest absolute Gasteiger partial charge is 1.00 e.